The number of ether oxygens (including phenoxy) is 2. The van der Waals surface area contributed by atoms with E-state index in [4.69, 9.17) is 9.47 Å². The summed E-state index contributed by atoms with van der Waals surface area (Å²) in [5, 5.41) is 2.75. The number of anilines is 1. The maximum absolute atomic E-state index is 13.5. The van der Waals surface area contributed by atoms with Gasteiger partial charge in [0.25, 0.3) is 5.56 Å². The number of fused-ring (bicyclic) bond motifs is 2. The first-order valence-electron chi connectivity index (χ1n) is 12.0. The van der Waals surface area contributed by atoms with Crippen LogP contribution < -0.4 is 26.0 Å². The molecule has 10 heteroatoms. The SMILES string of the molecule is CCCCn1cnc2c1c(=O)n(CC(=O)Nc1ccc3c(c1)OCCO3)c(=O)n2Cc1ccccc1. The average molecular weight is 490 g/mol. The second-order valence-corrected chi connectivity index (χ2v) is 8.62. The predicted octanol–water partition coefficient (Wildman–Crippen LogP) is 2.62. The molecule has 5 rings (SSSR count). The van der Waals surface area contributed by atoms with Crippen LogP contribution in [0.3, 0.4) is 0 Å². The number of rotatable bonds is 8. The highest BCUT2D eigenvalue weighted by atomic mass is 16.6. The lowest BCUT2D eigenvalue weighted by Gasteiger charge is -2.19. The zero-order valence-electron chi connectivity index (χ0n) is 20.0. The number of aryl methyl sites for hydroxylation is 1. The van der Waals surface area contributed by atoms with Crippen molar-refractivity contribution in [2.24, 2.45) is 0 Å². The lowest BCUT2D eigenvalue weighted by atomic mass is 10.2. The monoisotopic (exact) mass is 489 g/mol. The van der Waals surface area contributed by atoms with E-state index in [0.29, 0.717) is 48.1 Å². The van der Waals surface area contributed by atoms with E-state index in [1.165, 1.54) is 4.57 Å². The fourth-order valence-corrected chi connectivity index (χ4v) is 4.25. The van der Waals surface area contributed by atoms with E-state index in [9.17, 15) is 14.4 Å². The molecule has 0 saturated heterocycles. The minimum Gasteiger partial charge on any atom is -0.486 e. The molecule has 0 spiro atoms. The van der Waals surface area contributed by atoms with Gasteiger partial charge in [0.1, 0.15) is 19.8 Å². The van der Waals surface area contributed by atoms with Gasteiger partial charge < -0.3 is 19.4 Å². The number of aromatic nitrogens is 4. The molecular formula is C26H27N5O5. The molecule has 1 aliphatic rings. The molecule has 1 N–H and O–H groups in total. The molecule has 36 heavy (non-hydrogen) atoms. The fourth-order valence-electron chi connectivity index (χ4n) is 4.25. The minimum absolute atomic E-state index is 0.227. The third kappa shape index (κ3) is 4.61. The van der Waals surface area contributed by atoms with Crippen LogP contribution in [-0.4, -0.2) is 37.8 Å². The first kappa shape index (κ1) is 23.4. The minimum atomic E-state index is -0.589. The molecule has 1 aliphatic heterocycles. The Labute approximate surface area is 206 Å². The Morgan fingerprint density at radius 2 is 1.81 bits per heavy atom. The summed E-state index contributed by atoms with van der Waals surface area (Å²) < 4.78 is 15.3. The number of benzene rings is 2. The largest absolute Gasteiger partial charge is 0.486 e. The summed E-state index contributed by atoms with van der Waals surface area (Å²) in [5.41, 5.74) is 0.866. The van der Waals surface area contributed by atoms with Crippen LogP contribution in [0.15, 0.2) is 64.4 Å². The summed E-state index contributed by atoms with van der Waals surface area (Å²) in [5.74, 6) is 0.629. The molecule has 186 valence electrons. The van der Waals surface area contributed by atoms with Crippen molar-refractivity contribution < 1.29 is 14.3 Å². The average Bonchev–Trinajstić information content (AvgIpc) is 3.32. The number of hydrogen-bond donors (Lipinski definition) is 1. The first-order chi connectivity index (χ1) is 17.5. The summed E-state index contributed by atoms with van der Waals surface area (Å²) in [7, 11) is 0. The van der Waals surface area contributed by atoms with E-state index in [0.717, 1.165) is 23.0 Å². The highest BCUT2D eigenvalue weighted by Crippen LogP contribution is 2.32. The molecule has 0 atom stereocenters. The number of unbranched alkanes of at least 4 members (excludes halogenated alkanes) is 1. The van der Waals surface area contributed by atoms with Gasteiger partial charge in [-0.25, -0.2) is 14.3 Å². The van der Waals surface area contributed by atoms with Gasteiger partial charge >= 0.3 is 5.69 Å². The molecule has 0 fully saturated rings. The molecular weight excluding hydrogens is 462 g/mol. The van der Waals surface area contributed by atoms with Crippen molar-refractivity contribution >= 4 is 22.8 Å². The number of carbonyl (C=O) groups excluding carboxylic acids is 1. The van der Waals surface area contributed by atoms with E-state index in [2.05, 4.69) is 17.2 Å². The van der Waals surface area contributed by atoms with Crippen LogP contribution in [0.5, 0.6) is 11.5 Å². The molecule has 10 nitrogen and oxygen atoms in total. The zero-order valence-corrected chi connectivity index (χ0v) is 20.0. The van der Waals surface area contributed by atoms with Gasteiger partial charge in [0, 0.05) is 18.3 Å². The summed E-state index contributed by atoms with van der Waals surface area (Å²) in [6, 6.07) is 14.5. The number of imidazole rings is 1. The molecule has 3 heterocycles. The summed E-state index contributed by atoms with van der Waals surface area (Å²) in [4.78, 5) is 44.3. The van der Waals surface area contributed by atoms with Crippen molar-refractivity contribution in [2.75, 3.05) is 18.5 Å². The maximum atomic E-state index is 13.5. The van der Waals surface area contributed by atoms with Gasteiger partial charge in [0.15, 0.2) is 22.7 Å². The van der Waals surface area contributed by atoms with Crippen molar-refractivity contribution in [2.45, 2.75) is 39.4 Å². The summed E-state index contributed by atoms with van der Waals surface area (Å²) in [6.07, 6.45) is 3.38. The van der Waals surface area contributed by atoms with Crippen LogP contribution in [0.4, 0.5) is 5.69 Å². The Balaban J connectivity index is 1.51. The molecule has 2 aromatic carbocycles. The van der Waals surface area contributed by atoms with Crippen molar-refractivity contribution in [1.29, 1.82) is 0 Å². The van der Waals surface area contributed by atoms with Gasteiger partial charge in [0.05, 0.1) is 12.9 Å². The fraction of sp³-hybridized carbons (Fsp3) is 0.308. The number of hydrogen-bond acceptors (Lipinski definition) is 6. The van der Waals surface area contributed by atoms with Crippen molar-refractivity contribution in [1.82, 2.24) is 18.7 Å². The van der Waals surface area contributed by atoms with Crippen LogP contribution >= 0.6 is 0 Å². The number of carbonyl (C=O) groups is 1. The topological polar surface area (TPSA) is 109 Å². The van der Waals surface area contributed by atoms with Gasteiger partial charge in [-0.3, -0.25) is 14.2 Å². The molecule has 0 aliphatic carbocycles. The van der Waals surface area contributed by atoms with Gasteiger partial charge in [-0.15, -0.1) is 0 Å². The molecule has 0 bridgehead atoms. The summed E-state index contributed by atoms with van der Waals surface area (Å²) in [6.45, 7) is 3.33. The van der Waals surface area contributed by atoms with Crippen LogP contribution in [0.2, 0.25) is 0 Å². The van der Waals surface area contributed by atoms with Crippen molar-refractivity contribution in [3.05, 3.63) is 81.3 Å². The number of nitrogens with zero attached hydrogens (tertiary/aromatic N) is 4. The second-order valence-electron chi connectivity index (χ2n) is 8.62. The van der Waals surface area contributed by atoms with Crippen LogP contribution in [0.1, 0.15) is 25.3 Å². The van der Waals surface area contributed by atoms with Gasteiger partial charge in [-0.05, 0) is 24.1 Å². The van der Waals surface area contributed by atoms with Gasteiger partial charge in [-0.2, -0.15) is 0 Å². The lowest BCUT2D eigenvalue weighted by molar-refractivity contribution is -0.116. The standard InChI is InChI=1S/C26H27N5O5/c1-2-3-11-29-17-27-24-23(29)25(33)31(26(34)30(24)15-18-7-5-4-6-8-18)16-22(32)28-19-9-10-20-21(14-19)36-13-12-35-20/h4-10,14,17H,2-3,11-13,15-16H2,1H3,(H,28,32). The third-order valence-corrected chi connectivity index (χ3v) is 6.05. The summed E-state index contributed by atoms with van der Waals surface area (Å²) >= 11 is 0. The van der Waals surface area contributed by atoms with E-state index in [1.54, 1.807) is 29.1 Å². The quantitative estimate of drug-likeness (QED) is 0.408. The Morgan fingerprint density at radius 3 is 2.58 bits per heavy atom. The van der Waals surface area contributed by atoms with Crippen LogP contribution in [0.25, 0.3) is 11.2 Å². The number of amides is 1. The van der Waals surface area contributed by atoms with E-state index >= 15 is 0 Å². The normalized spacial score (nSPS) is 12.6. The molecule has 0 unspecified atom stereocenters. The van der Waals surface area contributed by atoms with Crippen LogP contribution in [0, 0.1) is 0 Å². The van der Waals surface area contributed by atoms with E-state index < -0.39 is 23.7 Å². The third-order valence-electron chi connectivity index (χ3n) is 6.05. The predicted molar refractivity (Wildman–Crippen MR) is 135 cm³/mol. The highest BCUT2D eigenvalue weighted by molar-refractivity contribution is 5.91. The van der Waals surface area contributed by atoms with Crippen molar-refractivity contribution in [3.8, 4) is 11.5 Å². The zero-order chi connectivity index (χ0) is 25.1. The Bertz CT molecular complexity index is 1520. The van der Waals surface area contributed by atoms with E-state index in [1.807, 2.05) is 30.3 Å². The van der Waals surface area contributed by atoms with Crippen molar-refractivity contribution in [3.63, 3.8) is 0 Å². The first-order valence-corrected chi connectivity index (χ1v) is 12.0. The Hall–Kier alpha value is -4.34. The Morgan fingerprint density at radius 1 is 1.03 bits per heavy atom. The molecule has 0 radical (unpaired) electrons. The van der Waals surface area contributed by atoms with Crippen LogP contribution in [-0.2, 0) is 24.4 Å². The molecule has 4 aromatic rings. The molecule has 1 amide bonds. The van der Waals surface area contributed by atoms with E-state index in [-0.39, 0.29) is 6.54 Å². The maximum Gasteiger partial charge on any atom is 0.333 e. The lowest BCUT2D eigenvalue weighted by Crippen LogP contribution is -2.43. The smallest absolute Gasteiger partial charge is 0.333 e. The second kappa shape index (κ2) is 10.1. The number of nitrogens with one attached hydrogen (secondary N) is 1. The van der Waals surface area contributed by atoms with Gasteiger partial charge in [-0.1, -0.05) is 43.7 Å². The Kier molecular flexibility index (Phi) is 6.57. The highest BCUT2D eigenvalue weighted by Gasteiger charge is 2.20. The molecule has 2 aromatic heterocycles. The van der Waals surface area contributed by atoms with Gasteiger partial charge in [0.2, 0.25) is 5.91 Å². The molecule has 0 saturated carbocycles.